The summed E-state index contributed by atoms with van der Waals surface area (Å²) < 4.78 is 0. The minimum atomic E-state index is -0.918. The lowest BCUT2D eigenvalue weighted by Gasteiger charge is -2.21. The number of aromatic nitrogens is 1. The second kappa shape index (κ2) is 7.43. The van der Waals surface area contributed by atoms with E-state index in [0.717, 1.165) is 22.1 Å². The highest BCUT2D eigenvalue weighted by Crippen LogP contribution is 2.19. The van der Waals surface area contributed by atoms with Crippen LogP contribution < -0.4 is 0 Å². The third-order valence-corrected chi connectivity index (χ3v) is 4.08. The van der Waals surface area contributed by atoms with E-state index in [1.54, 1.807) is 29.9 Å². The van der Waals surface area contributed by atoms with Crippen molar-refractivity contribution in [2.75, 3.05) is 19.1 Å². The van der Waals surface area contributed by atoms with Gasteiger partial charge in [0.2, 0.25) is 0 Å². The predicted octanol–water partition coefficient (Wildman–Crippen LogP) is 2.31. The van der Waals surface area contributed by atoms with Crippen LogP contribution in [0, 0.1) is 0 Å². The SMILES string of the molecule is CSCC[C@@H](O)C(=O)N(C)Cc1cccc2cnccc12. The highest BCUT2D eigenvalue weighted by Gasteiger charge is 2.19. The van der Waals surface area contributed by atoms with Gasteiger partial charge in [0.1, 0.15) is 6.10 Å². The maximum Gasteiger partial charge on any atom is 0.251 e. The minimum Gasteiger partial charge on any atom is -0.383 e. The summed E-state index contributed by atoms with van der Waals surface area (Å²) in [5.74, 6) is 0.552. The van der Waals surface area contributed by atoms with Gasteiger partial charge in [0, 0.05) is 31.4 Å². The predicted molar refractivity (Wildman–Crippen MR) is 87.2 cm³/mol. The van der Waals surface area contributed by atoms with Crippen LogP contribution in [0.2, 0.25) is 0 Å². The first-order chi connectivity index (χ1) is 10.1. The van der Waals surface area contributed by atoms with Gasteiger partial charge in [-0.25, -0.2) is 0 Å². The quantitative estimate of drug-likeness (QED) is 0.890. The minimum absolute atomic E-state index is 0.227. The van der Waals surface area contributed by atoms with Crippen molar-refractivity contribution < 1.29 is 9.90 Å². The van der Waals surface area contributed by atoms with Crippen molar-refractivity contribution in [2.24, 2.45) is 0 Å². The van der Waals surface area contributed by atoms with Crippen LogP contribution in [0.15, 0.2) is 36.7 Å². The molecule has 0 aliphatic carbocycles. The molecule has 1 aromatic carbocycles. The van der Waals surface area contributed by atoms with Crippen LogP contribution in [0.25, 0.3) is 10.8 Å². The number of hydrogen-bond acceptors (Lipinski definition) is 4. The number of hydrogen-bond donors (Lipinski definition) is 1. The maximum atomic E-state index is 12.1. The van der Waals surface area contributed by atoms with Crippen LogP contribution in [-0.4, -0.2) is 46.1 Å². The molecule has 0 radical (unpaired) electrons. The van der Waals surface area contributed by atoms with Gasteiger partial charge in [-0.3, -0.25) is 9.78 Å². The van der Waals surface area contributed by atoms with Gasteiger partial charge in [-0.15, -0.1) is 0 Å². The number of carbonyl (C=O) groups excluding carboxylic acids is 1. The van der Waals surface area contributed by atoms with Crippen LogP contribution in [0.5, 0.6) is 0 Å². The lowest BCUT2D eigenvalue weighted by Crippen LogP contribution is -2.36. The Labute approximate surface area is 129 Å². The van der Waals surface area contributed by atoms with E-state index in [9.17, 15) is 9.90 Å². The molecule has 5 heteroatoms. The maximum absolute atomic E-state index is 12.1. The first-order valence-electron chi connectivity index (χ1n) is 6.87. The van der Waals surface area contributed by atoms with Crippen molar-refractivity contribution in [1.82, 2.24) is 9.88 Å². The van der Waals surface area contributed by atoms with Gasteiger partial charge in [0.25, 0.3) is 5.91 Å². The van der Waals surface area contributed by atoms with E-state index in [4.69, 9.17) is 0 Å². The summed E-state index contributed by atoms with van der Waals surface area (Å²) in [4.78, 5) is 17.8. The van der Waals surface area contributed by atoms with Gasteiger partial charge in [-0.1, -0.05) is 18.2 Å². The lowest BCUT2D eigenvalue weighted by atomic mass is 10.1. The summed E-state index contributed by atoms with van der Waals surface area (Å²) in [5.41, 5.74) is 1.06. The Kier molecular flexibility index (Phi) is 5.59. The average Bonchev–Trinajstić information content (AvgIpc) is 2.52. The summed E-state index contributed by atoms with van der Waals surface area (Å²) in [7, 11) is 1.73. The summed E-state index contributed by atoms with van der Waals surface area (Å²) in [5, 5.41) is 12.0. The number of amides is 1. The fourth-order valence-corrected chi connectivity index (χ4v) is 2.73. The Hall–Kier alpha value is -1.59. The van der Waals surface area contributed by atoms with Gasteiger partial charge in [0.05, 0.1) is 0 Å². The number of pyridine rings is 1. The Morgan fingerprint density at radius 2 is 2.24 bits per heavy atom. The molecule has 1 heterocycles. The highest BCUT2D eigenvalue weighted by atomic mass is 32.2. The summed E-state index contributed by atoms with van der Waals surface area (Å²) in [6, 6.07) is 7.91. The number of nitrogens with zero attached hydrogens (tertiary/aromatic N) is 2. The van der Waals surface area contributed by atoms with Crippen LogP contribution in [0.3, 0.4) is 0 Å². The van der Waals surface area contributed by atoms with Gasteiger partial charge in [0.15, 0.2) is 0 Å². The molecule has 4 nitrogen and oxygen atoms in total. The molecule has 0 saturated heterocycles. The van der Waals surface area contributed by atoms with Crippen LogP contribution in [-0.2, 0) is 11.3 Å². The van der Waals surface area contributed by atoms with Crippen LogP contribution in [0.1, 0.15) is 12.0 Å². The van der Waals surface area contributed by atoms with Crippen LogP contribution in [0.4, 0.5) is 0 Å². The molecule has 0 bridgehead atoms. The average molecular weight is 304 g/mol. The molecular formula is C16H20N2O2S. The number of fused-ring (bicyclic) bond motifs is 1. The van der Waals surface area contributed by atoms with E-state index < -0.39 is 6.10 Å². The summed E-state index contributed by atoms with van der Waals surface area (Å²) >= 11 is 1.63. The largest absolute Gasteiger partial charge is 0.383 e. The molecule has 1 atom stereocenters. The van der Waals surface area contributed by atoms with Gasteiger partial charge in [-0.05, 0) is 35.4 Å². The van der Waals surface area contributed by atoms with Gasteiger partial charge < -0.3 is 10.0 Å². The summed E-state index contributed by atoms with van der Waals surface area (Å²) in [6.45, 7) is 0.483. The third kappa shape index (κ3) is 3.95. The van der Waals surface area contributed by atoms with E-state index in [0.29, 0.717) is 13.0 Å². The lowest BCUT2D eigenvalue weighted by molar-refractivity contribution is -0.139. The Morgan fingerprint density at radius 3 is 3.00 bits per heavy atom. The van der Waals surface area contributed by atoms with Crippen molar-refractivity contribution in [3.63, 3.8) is 0 Å². The Balaban J connectivity index is 2.11. The van der Waals surface area contributed by atoms with Crippen molar-refractivity contribution in [3.05, 3.63) is 42.2 Å². The molecule has 1 amide bonds. The second-order valence-corrected chi connectivity index (χ2v) is 5.99. The van der Waals surface area contributed by atoms with Gasteiger partial charge >= 0.3 is 0 Å². The monoisotopic (exact) mass is 304 g/mol. The van der Waals surface area contributed by atoms with E-state index in [1.165, 1.54) is 0 Å². The number of thioether (sulfide) groups is 1. The second-order valence-electron chi connectivity index (χ2n) is 5.01. The van der Waals surface area contributed by atoms with Crippen molar-refractivity contribution in [3.8, 4) is 0 Å². The van der Waals surface area contributed by atoms with Crippen molar-refractivity contribution in [1.29, 1.82) is 0 Å². The first-order valence-corrected chi connectivity index (χ1v) is 8.26. The molecule has 0 aliphatic heterocycles. The first kappa shape index (κ1) is 15.8. The van der Waals surface area contributed by atoms with Gasteiger partial charge in [-0.2, -0.15) is 11.8 Å². The molecule has 2 aromatic rings. The van der Waals surface area contributed by atoms with E-state index >= 15 is 0 Å². The number of aliphatic hydroxyl groups excluding tert-OH is 1. The van der Waals surface area contributed by atoms with Crippen LogP contribution >= 0.6 is 11.8 Å². The fraction of sp³-hybridized carbons (Fsp3) is 0.375. The molecule has 0 fully saturated rings. The van der Waals surface area contributed by atoms with E-state index in [1.807, 2.05) is 36.7 Å². The number of aliphatic hydroxyl groups is 1. The van der Waals surface area contributed by atoms with Crippen molar-refractivity contribution >= 4 is 28.4 Å². The molecule has 0 spiro atoms. The molecular weight excluding hydrogens is 284 g/mol. The zero-order valence-electron chi connectivity index (χ0n) is 12.3. The zero-order chi connectivity index (χ0) is 15.2. The standard InChI is InChI=1S/C16H20N2O2S/c1-18(16(20)15(19)7-9-21-2)11-13-5-3-4-12-10-17-8-6-14(12)13/h3-6,8,10,15,19H,7,9,11H2,1-2H3/t15-/m1/s1. The smallest absolute Gasteiger partial charge is 0.251 e. The Bertz CT molecular complexity index is 613. The summed E-state index contributed by atoms with van der Waals surface area (Å²) in [6.07, 6.45) is 5.10. The zero-order valence-corrected chi connectivity index (χ0v) is 13.1. The van der Waals surface area contributed by atoms with Crippen molar-refractivity contribution in [2.45, 2.75) is 19.1 Å². The highest BCUT2D eigenvalue weighted by molar-refractivity contribution is 7.98. The molecule has 112 valence electrons. The molecule has 1 aromatic heterocycles. The normalized spacial score (nSPS) is 12.3. The number of carbonyl (C=O) groups is 1. The van der Waals surface area contributed by atoms with E-state index in [2.05, 4.69) is 4.98 Å². The fourth-order valence-electron chi connectivity index (χ4n) is 2.27. The topological polar surface area (TPSA) is 53.4 Å². The Morgan fingerprint density at radius 1 is 1.43 bits per heavy atom. The number of rotatable bonds is 6. The number of benzene rings is 1. The molecule has 2 rings (SSSR count). The molecule has 21 heavy (non-hydrogen) atoms. The number of likely N-dealkylation sites (N-methyl/N-ethyl adjacent to an activating group) is 1. The molecule has 1 N–H and O–H groups in total. The molecule has 0 unspecified atom stereocenters. The third-order valence-electron chi connectivity index (χ3n) is 3.44. The van der Waals surface area contributed by atoms with E-state index in [-0.39, 0.29) is 5.91 Å². The molecule has 0 aliphatic rings. The molecule has 0 saturated carbocycles.